The van der Waals surface area contributed by atoms with E-state index in [1.807, 2.05) is 42.5 Å². The summed E-state index contributed by atoms with van der Waals surface area (Å²) in [6, 6.07) is 22.1. The summed E-state index contributed by atoms with van der Waals surface area (Å²) in [4.78, 5) is 12.0. The van der Waals surface area contributed by atoms with Crippen molar-refractivity contribution in [3.8, 4) is 5.75 Å². The lowest BCUT2D eigenvalue weighted by atomic mass is 10.2. The van der Waals surface area contributed by atoms with Gasteiger partial charge in [0.05, 0.1) is 10.7 Å². The van der Waals surface area contributed by atoms with Gasteiger partial charge in [0.1, 0.15) is 5.75 Å². The van der Waals surface area contributed by atoms with Crippen LogP contribution in [0.5, 0.6) is 5.75 Å². The molecule has 0 heterocycles. The van der Waals surface area contributed by atoms with Crippen molar-refractivity contribution < 1.29 is 9.53 Å². The molecule has 2 N–H and O–H groups in total. The van der Waals surface area contributed by atoms with Crippen LogP contribution in [0.25, 0.3) is 0 Å². The number of para-hydroxylation sites is 1. The maximum absolute atomic E-state index is 12.0. The van der Waals surface area contributed by atoms with Crippen molar-refractivity contribution in [3.05, 3.63) is 82.8 Å². The maximum atomic E-state index is 12.0. The van der Waals surface area contributed by atoms with Crippen LogP contribution in [0.15, 0.2) is 72.8 Å². The minimum atomic E-state index is -0.305. The number of carbonyl (C=O) groups excluding carboxylic acids is 1. The Hall–Kier alpha value is -2.69. The van der Waals surface area contributed by atoms with Gasteiger partial charge in [-0.3, -0.25) is 4.79 Å². The van der Waals surface area contributed by atoms with Gasteiger partial charge in [-0.05, 0) is 54.6 Å². The fraction of sp³-hybridized carbons (Fsp3) is 0.0500. The van der Waals surface area contributed by atoms with E-state index < -0.39 is 0 Å². The first-order valence-corrected chi connectivity index (χ1v) is 8.65. The summed E-state index contributed by atoms with van der Waals surface area (Å²) in [6.45, 7) is -0.121. The third-order valence-corrected chi connectivity index (χ3v) is 4.04. The topological polar surface area (TPSA) is 50.4 Å². The average Bonchev–Trinajstić information content (AvgIpc) is 2.64. The van der Waals surface area contributed by atoms with E-state index in [4.69, 9.17) is 27.9 Å². The maximum Gasteiger partial charge on any atom is 0.262 e. The van der Waals surface area contributed by atoms with Gasteiger partial charge < -0.3 is 15.4 Å². The predicted octanol–water partition coefficient (Wildman–Crippen LogP) is 5.75. The molecule has 3 rings (SSSR count). The SMILES string of the molecule is O=C(COc1ccc(Nc2ccccc2)cc1)Nc1ccc(Cl)cc1Cl. The molecule has 3 aromatic rings. The van der Waals surface area contributed by atoms with Crippen molar-refractivity contribution in [3.63, 3.8) is 0 Å². The van der Waals surface area contributed by atoms with Crippen LogP contribution in [-0.4, -0.2) is 12.5 Å². The molecule has 0 radical (unpaired) electrons. The Bertz CT molecular complexity index is 884. The second-order valence-corrected chi connectivity index (χ2v) is 6.32. The molecular weight excluding hydrogens is 371 g/mol. The Morgan fingerprint density at radius 3 is 2.27 bits per heavy atom. The Labute approximate surface area is 161 Å². The fourth-order valence-corrected chi connectivity index (χ4v) is 2.70. The summed E-state index contributed by atoms with van der Waals surface area (Å²) in [5.41, 5.74) is 2.42. The van der Waals surface area contributed by atoms with Crippen molar-refractivity contribution in [2.45, 2.75) is 0 Å². The van der Waals surface area contributed by atoms with Crippen molar-refractivity contribution in [2.75, 3.05) is 17.2 Å². The molecule has 0 bridgehead atoms. The van der Waals surface area contributed by atoms with Crippen LogP contribution in [0, 0.1) is 0 Å². The molecular formula is C20H16Cl2N2O2. The second kappa shape index (κ2) is 8.61. The number of benzene rings is 3. The van der Waals surface area contributed by atoms with Gasteiger partial charge in [-0.25, -0.2) is 0 Å². The number of rotatable bonds is 6. The minimum absolute atomic E-state index is 0.121. The van der Waals surface area contributed by atoms with Gasteiger partial charge in [-0.1, -0.05) is 41.4 Å². The molecule has 6 heteroatoms. The Morgan fingerprint density at radius 2 is 1.58 bits per heavy atom. The second-order valence-electron chi connectivity index (χ2n) is 5.48. The lowest BCUT2D eigenvalue weighted by molar-refractivity contribution is -0.118. The van der Waals surface area contributed by atoms with Gasteiger partial charge in [0.2, 0.25) is 0 Å². The largest absolute Gasteiger partial charge is 0.484 e. The van der Waals surface area contributed by atoms with E-state index in [0.29, 0.717) is 21.5 Å². The third kappa shape index (κ3) is 5.15. The number of hydrogen-bond donors (Lipinski definition) is 2. The highest BCUT2D eigenvalue weighted by molar-refractivity contribution is 6.36. The Kier molecular flexibility index (Phi) is 6.00. The van der Waals surface area contributed by atoms with Gasteiger partial charge in [0.15, 0.2) is 6.61 Å². The number of ether oxygens (including phenoxy) is 1. The smallest absolute Gasteiger partial charge is 0.262 e. The molecule has 1 amide bonds. The molecule has 4 nitrogen and oxygen atoms in total. The molecule has 0 saturated heterocycles. The van der Waals surface area contributed by atoms with Crippen molar-refractivity contribution in [1.29, 1.82) is 0 Å². The molecule has 0 aliphatic heterocycles. The zero-order valence-corrected chi connectivity index (χ0v) is 15.2. The van der Waals surface area contributed by atoms with Crippen LogP contribution in [-0.2, 0) is 4.79 Å². The van der Waals surface area contributed by atoms with Gasteiger partial charge in [0.25, 0.3) is 5.91 Å². The number of hydrogen-bond acceptors (Lipinski definition) is 3. The van der Waals surface area contributed by atoms with Crippen LogP contribution < -0.4 is 15.4 Å². The summed E-state index contributed by atoms with van der Waals surface area (Å²) >= 11 is 11.9. The molecule has 0 aromatic heterocycles. The van der Waals surface area contributed by atoms with Crippen molar-refractivity contribution >= 4 is 46.2 Å². The first-order valence-electron chi connectivity index (χ1n) is 7.90. The zero-order valence-electron chi connectivity index (χ0n) is 13.7. The number of nitrogens with one attached hydrogen (secondary N) is 2. The first-order chi connectivity index (χ1) is 12.6. The number of anilines is 3. The summed E-state index contributed by atoms with van der Waals surface area (Å²) in [6.07, 6.45) is 0. The normalized spacial score (nSPS) is 10.2. The molecule has 132 valence electrons. The number of halogens is 2. The van der Waals surface area contributed by atoms with Crippen molar-refractivity contribution in [1.82, 2.24) is 0 Å². The highest BCUT2D eigenvalue weighted by Crippen LogP contribution is 2.25. The quantitative estimate of drug-likeness (QED) is 0.566. The lowest BCUT2D eigenvalue weighted by Gasteiger charge is -2.10. The summed E-state index contributed by atoms with van der Waals surface area (Å²) in [5, 5.41) is 6.85. The van der Waals surface area contributed by atoms with E-state index in [9.17, 15) is 4.79 Å². The van der Waals surface area contributed by atoms with Crippen molar-refractivity contribution in [2.24, 2.45) is 0 Å². The van der Waals surface area contributed by atoms with Crippen LogP contribution in [0.2, 0.25) is 10.0 Å². The number of carbonyl (C=O) groups is 1. The minimum Gasteiger partial charge on any atom is -0.484 e. The average molecular weight is 387 g/mol. The molecule has 0 fully saturated rings. The van der Waals surface area contributed by atoms with Crippen LogP contribution in [0.4, 0.5) is 17.1 Å². The fourth-order valence-electron chi connectivity index (χ4n) is 2.25. The third-order valence-electron chi connectivity index (χ3n) is 3.49. The Morgan fingerprint density at radius 1 is 0.885 bits per heavy atom. The number of amides is 1. The van der Waals surface area contributed by atoms with Crippen LogP contribution in [0.3, 0.4) is 0 Å². The molecule has 0 spiro atoms. The first kappa shape index (κ1) is 18.1. The zero-order chi connectivity index (χ0) is 18.4. The van der Waals surface area contributed by atoms with E-state index in [-0.39, 0.29) is 12.5 Å². The van der Waals surface area contributed by atoms with E-state index in [1.165, 1.54) is 0 Å². The van der Waals surface area contributed by atoms with E-state index in [0.717, 1.165) is 11.4 Å². The molecule has 26 heavy (non-hydrogen) atoms. The molecule has 0 saturated carbocycles. The highest BCUT2D eigenvalue weighted by atomic mass is 35.5. The summed E-state index contributed by atoms with van der Waals surface area (Å²) < 4.78 is 5.50. The van der Waals surface area contributed by atoms with Crippen LogP contribution in [0.1, 0.15) is 0 Å². The molecule has 0 atom stereocenters. The van der Waals surface area contributed by atoms with Crippen LogP contribution >= 0.6 is 23.2 Å². The van der Waals surface area contributed by atoms with E-state index in [1.54, 1.807) is 30.3 Å². The Balaban J connectivity index is 1.52. The van der Waals surface area contributed by atoms with E-state index >= 15 is 0 Å². The monoisotopic (exact) mass is 386 g/mol. The molecule has 0 aliphatic rings. The van der Waals surface area contributed by atoms with Gasteiger partial charge >= 0.3 is 0 Å². The molecule has 0 unspecified atom stereocenters. The molecule has 3 aromatic carbocycles. The lowest BCUT2D eigenvalue weighted by Crippen LogP contribution is -2.20. The van der Waals surface area contributed by atoms with Gasteiger partial charge in [-0.2, -0.15) is 0 Å². The molecule has 0 aliphatic carbocycles. The summed E-state index contributed by atoms with van der Waals surface area (Å²) in [5.74, 6) is 0.293. The van der Waals surface area contributed by atoms with E-state index in [2.05, 4.69) is 10.6 Å². The van der Waals surface area contributed by atoms with Gasteiger partial charge in [0, 0.05) is 16.4 Å². The standard InChI is InChI=1S/C20H16Cl2N2O2/c21-14-6-11-19(18(22)12-14)24-20(25)13-26-17-9-7-16(8-10-17)23-15-4-2-1-3-5-15/h1-12,23H,13H2,(H,24,25). The van der Waals surface area contributed by atoms with Gasteiger partial charge in [-0.15, -0.1) is 0 Å². The highest BCUT2D eigenvalue weighted by Gasteiger charge is 2.07. The predicted molar refractivity (Wildman–Crippen MR) is 107 cm³/mol. The summed E-state index contributed by atoms with van der Waals surface area (Å²) in [7, 11) is 0.